The standard InChI is InChI=1S/C16H24N4O7S.C14H21N3O7.C8H12N2O2.CH4/c1-12(14(17)23)8-28-11-27-16(25)19-6-7-26-15(24)13(20-10-22)4-2-3-5-18-9-21;1-22-8-9-24-14(21)16-6-7-23-13(20)12(17-11-19)4-2-3-5-15-10-18;11-7-9-5-3-1-2-4-6-10-8-12;/h12-13H,2-8,11H2,1H3,(H2,17,23)(H,19,25);12H,2-9H2,1H3,(H,16,21);1-6H2;1H4. The zero-order valence-electron chi connectivity index (χ0n) is 36.0. The Kier molecular flexibility index (Phi) is 52.0. The minimum absolute atomic E-state index is 0. The summed E-state index contributed by atoms with van der Waals surface area (Å²) in [5, 5.41) is 4.77. The number of carbonyl (C=O) groups excluding carboxylic acids is 11. The van der Waals surface area contributed by atoms with Crippen molar-refractivity contribution in [2.45, 2.75) is 90.6 Å². The molecule has 0 bridgehead atoms. The molecular formula is C39H61N9O16S. The smallest absolute Gasteiger partial charge is 0.408 e. The van der Waals surface area contributed by atoms with E-state index in [0.29, 0.717) is 51.1 Å². The van der Waals surface area contributed by atoms with Crippen LogP contribution >= 0.6 is 11.8 Å². The Bertz CT molecular complexity index is 1600. The van der Waals surface area contributed by atoms with Crippen molar-refractivity contribution in [1.29, 1.82) is 0 Å². The topological polar surface area (TPSA) is 358 Å². The van der Waals surface area contributed by atoms with Gasteiger partial charge >= 0.3 is 24.1 Å². The second-order valence-electron chi connectivity index (χ2n) is 12.3. The molecule has 65 heavy (non-hydrogen) atoms. The lowest BCUT2D eigenvalue weighted by molar-refractivity contribution is -0.146. The van der Waals surface area contributed by atoms with E-state index in [-0.39, 0.29) is 78.2 Å². The molecule has 0 aromatic carbocycles. The first-order chi connectivity index (χ1) is 31.0. The fraction of sp³-hybridized carbons (Fsp3) is 0.718. The molecule has 0 heterocycles. The molecule has 0 aliphatic carbocycles. The largest absolute Gasteiger partial charge is 0.462 e. The van der Waals surface area contributed by atoms with Crippen LogP contribution in [0.2, 0.25) is 0 Å². The SMILES string of the molecule is C.CC(CSCOC(=O)NCCOC(=O)C(CCCCN=C=O)N=C=O)C(N)=O.COCCOC(=O)NCCOC(=O)C(CCCCN=C=O)N=C=O.O=C=NCCCCCCN=C=O. The molecule has 0 rings (SSSR count). The van der Waals surface area contributed by atoms with Gasteiger partial charge in [-0.3, -0.25) is 4.79 Å². The zero-order valence-corrected chi connectivity index (χ0v) is 36.8. The quantitative estimate of drug-likeness (QED) is 0.0205. The molecule has 4 N–H and O–H groups in total. The summed E-state index contributed by atoms with van der Waals surface area (Å²) < 4.78 is 24.2. The van der Waals surface area contributed by atoms with E-state index in [1.165, 1.54) is 55.4 Å². The molecule has 364 valence electrons. The van der Waals surface area contributed by atoms with Gasteiger partial charge in [-0.1, -0.05) is 27.2 Å². The molecule has 3 atom stereocenters. The Hall–Kier alpha value is -6.46. The van der Waals surface area contributed by atoms with Crippen LogP contribution in [0.15, 0.2) is 30.0 Å². The first-order valence-electron chi connectivity index (χ1n) is 19.8. The van der Waals surface area contributed by atoms with Crippen molar-refractivity contribution < 1.29 is 76.4 Å². The Morgan fingerprint density at radius 2 is 0.954 bits per heavy atom. The number of thioether (sulfide) groups is 1. The lowest BCUT2D eigenvalue weighted by atomic mass is 10.1. The number of alkyl carbamates (subject to hydrolysis) is 2. The number of hydrogen-bond donors (Lipinski definition) is 3. The van der Waals surface area contributed by atoms with E-state index in [1.54, 1.807) is 6.92 Å². The monoisotopic (exact) mass is 943 g/mol. The van der Waals surface area contributed by atoms with Crippen LogP contribution in [0, 0.1) is 5.92 Å². The summed E-state index contributed by atoms with van der Waals surface area (Å²) in [6.45, 7) is 3.62. The Labute approximate surface area is 381 Å². The van der Waals surface area contributed by atoms with Crippen LogP contribution in [0.3, 0.4) is 0 Å². The lowest BCUT2D eigenvalue weighted by Crippen LogP contribution is -2.31. The van der Waals surface area contributed by atoms with Gasteiger partial charge in [0.1, 0.15) is 25.8 Å². The third kappa shape index (κ3) is 48.4. The van der Waals surface area contributed by atoms with Gasteiger partial charge in [0.2, 0.25) is 42.4 Å². The highest BCUT2D eigenvalue weighted by Gasteiger charge is 2.20. The van der Waals surface area contributed by atoms with Gasteiger partial charge in [-0.2, -0.15) is 9.98 Å². The maximum absolute atomic E-state index is 11.9. The molecule has 0 aliphatic rings. The average molecular weight is 944 g/mol. The molecule has 0 aromatic rings. The van der Waals surface area contributed by atoms with Gasteiger partial charge in [0, 0.05) is 18.8 Å². The fourth-order valence-corrected chi connectivity index (χ4v) is 4.90. The molecule has 3 amide bonds. The number of nitrogens with two attached hydrogens (primary N) is 1. The van der Waals surface area contributed by atoms with E-state index >= 15 is 0 Å². The van der Waals surface area contributed by atoms with Crippen LogP contribution in [0.4, 0.5) is 9.59 Å². The molecule has 3 unspecified atom stereocenters. The average Bonchev–Trinajstić information content (AvgIpc) is 3.28. The maximum atomic E-state index is 11.9. The highest BCUT2D eigenvalue weighted by molar-refractivity contribution is 7.99. The number of rotatable bonds is 35. The van der Waals surface area contributed by atoms with Crippen LogP contribution < -0.4 is 16.4 Å². The van der Waals surface area contributed by atoms with Crippen molar-refractivity contribution in [2.24, 2.45) is 41.6 Å². The second kappa shape index (κ2) is 51.9. The summed E-state index contributed by atoms with van der Waals surface area (Å²) in [5.74, 6) is -1.67. The minimum Gasteiger partial charge on any atom is -0.462 e. The molecule has 26 heteroatoms. The van der Waals surface area contributed by atoms with Gasteiger partial charge in [-0.15, -0.1) is 11.8 Å². The van der Waals surface area contributed by atoms with Crippen molar-refractivity contribution in [1.82, 2.24) is 10.6 Å². The van der Waals surface area contributed by atoms with Crippen molar-refractivity contribution in [3.63, 3.8) is 0 Å². The number of carbonyl (C=O) groups is 5. The zero-order chi connectivity index (χ0) is 48.3. The summed E-state index contributed by atoms with van der Waals surface area (Å²) in [7, 11) is 1.48. The Morgan fingerprint density at radius 1 is 0.554 bits per heavy atom. The van der Waals surface area contributed by atoms with Crippen LogP contribution in [0.1, 0.15) is 78.6 Å². The van der Waals surface area contributed by atoms with Crippen LogP contribution in [0.25, 0.3) is 0 Å². The number of primary amides is 1. The van der Waals surface area contributed by atoms with Gasteiger partial charge in [0.05, 0.1) is 45.9 Å². The van der Waals surface area contributed by atoms with Gasteiger partial charge < -0.3 is 40.1 Å². The molecule has 0 spiro atoms. The molecule has 0 aromatic heterocycles. The highest BCUT2D eigenvalue weighted by atomic mass is 32.2. The number of unbranched alkanes of at least 4 members (excludes halogenated alkanes) is 5. The van der Waals surface area contributed by atoms with E-state index in [2.05, 4.69) is 40.6 Å². The maximum Gasteiger partial charge on any atom is 0.408 e. The number of methoxy groups -OCH3 is 1. The van der Waals surface area contributed by atoms with Crippen LogP contribution in [0.5, 0.6) is 0 Å². The van der Waals surface area contributed by atoms with E-state index in [4.69, 9.17) is 29.4 Å². The summed E-state index contributed by atoms with van der Waals surface area (Å²) >= 11 is 1.24. The summed E-state index contributed by atoms with van der Waals surface area (Å²) in [4.78, 5) is 137. The first kappa shape index (κ1) is 65.2. The van der Waals surface area contributed by atoms with E-state index in [9.17, 15) is 52.7 Å². The van der Waals surface area contributed by atoms with Gasteiger partial charge in [0.15, 0.2) is 12.1 Å². The number of ether oxygens (including phenoxy) is 5. The molecule has 0 fully saturated rings. The van der Waals surface area contributed by atoms with Crippen molar-refractivity contribution >= 4 is 78.3 Å². The van der Waals surface area contributed by atoms with Crippen LogP contribution in [-0.2, 0) is 66.8 Å². The molecule has 0 aliphatic heterocycles. The van der Waals surface area contributed by atoms with Crippen LogP contribution in [-0.4, -0.2) is 163 Å². The first-order valence-corrected chi connectivity index (χ1v) is 20.9. The number of aliphatic imine (C=N–C) groups is 6. The third-order valence-corrected chi connectivity index (χ3v) is 8.40. The number of amides is 3. The third-order valence-electron chi connectivity index (χ3n) is 7.38. The number of nitrogens with zero attached hydrogens (tertiary/aromatic N) is 6. The van der Waals surface area contributed by atoms with Gasteiger partial charge in [-0.25, -0.2) is 67.9 Å². The van der Waals surface area contributed by atoms with Crippen molar-refractivity contribution in [3.05, 3.63) is 0 Å². The van der Waals surface area contributed by atoms with E-state index < -0.39 is 42.1 Å². The van der Waals surface area contributed by atoms with Crippen molar-refractivity contribution in [3.8, 4) is 0 Å². The minimum atomic E-state index is -0.992. The fourth-order valence-electron chi connectivity index (χ4n) is 4.10. The summed E-state index contributed by atoms with van der Waals surface area (Å²) in [6.07, 6.45) is 13.6. The van der Waals surface area contributed by atoms with Gasteiger partial charge in [0.25, 0.3) is 0 Å². The van der Waals surface area contributed by atoms with Gasteiger partial charge in [-0.05, 0) is 51.4 Å². The lowest BCUT2D eigenvalue weighted by Gasteiger charge is -2.11. The normalized spacial score (nSPS) is 10.6. The molecule has 0 radical (unpaired) electrons. The second-order valence-corrected chi connectivity index (χ2v) is 13.3. The molecular weight excluding hydrogens is 883 g/mol. The summed E-state index contributed by atoms with van der Waals surface area (Å²) in [6, 6.07) is -1.95. The van der Waals surface area contributed by atoms with Crippen molar-refractivity contribution in [2.75, 3.05) is 84.5 Å². The Morgan fingerprint density at radius 3 is 1.32 bits per heavy atom. The predicted molar refractivity (Wildman–Crippen MR) is 232 cm³/mol. The number of esters is 2. The predicted octanol–water partition coefficient (Wildman–Crippen LogP) is 2.25. The number of nitrogens with one attached hydrogen (secondary N) is 2. The highest BCUT2D eigenvalue weighted by Crippen LogP contribution is 2.09. The van der Waals surface area contributed by atoms with E-state index in [1.807, 2.05) is 0 Å². The Balaban J connectivity index is -0.000000457. The van der Waals surface area contributed by atoms with E-state index in [0.717, 1.165) is 25.7 Å². The molecule has 0 saturated heterocycles. The number of isocyanates is 6. The molecule has 0 saturated carbocycles. The summed E-state index contributed by atoms with van der Waals surface area (Å²) in [5.41, 5.74) is 5.11. The molecule has 25 nitrogen and oxygen atoms in total. The number of hydrogen-bond acceptors (Lipinski definition) is 23.